The first-order valence-electron chi connectivity index (χ1n) is 12.0. The minimum absolute atomic E-state index is 0.540. The number of aromatic nitrogens is 1. The lowest BCUT2D eigenvalue weighted by atomic mass is 10.0. The minimum Gasteiger partial charge on any atom is -0.493 e. The van der Waals surface area contributed by atoms with Crippen LogP contribution in [0, 0.1) is 5.92 Å². The van der Waals surface area contributed by atoms with E-state index in [0.717, 1.165) is 48.7 Å². The van der Waals surface area contributed by atoms with Crippen LogP contribution in [0.4, 0.5) is 0 Å². The third kappa shape index (κ3) is 8.77. The summed E-state index contributed by atoms with van der Waals surface area (Å²) in [4.78, 5) is 4.29. The highest BCUT2D eigenvalue weighted by molar-refractivity contribution is 5.75. The Kier molecular flexibility index (Phi) is 12.0. The molecule has 0 aliphatic rings. The van der Waals surface area contributed by atoms with E-state index in [9.17, 15) is 0 Å². The van der Waals surface area contributed by atoms with Gasteiger partial charge in [0.05, 0.1) is 19.4 Å². The Labute approximate surface area is 184 Å². The maximum Gasteiger partial charge on any atom is 0.145 e. The topological polar surface area (TPSA) is 31.4 Å². The molecule has 0 N–H and O–H groups in total. The summed E-state index contributed by atoms with van der Waals surface area (Å²) >= 11 is 0. The smallest absolute Gasteiger partial charge is 0.145 e. The van der Waals surface area contributed by atoms with Crippen molar-refractivity contribution in [3.05, 3.63) is 42.7 Å². The monoisotopic (exact) mass is 411 g/mol. The molecule has 0 aliphatic heterocycles. The van der Waals surface area contributed by atoms with Gasteiger partial charge in [0.15, 0.2) is 0 Å². The van der Waals surface area contributed by atoms with E-state index >= 15 is 0 Å². The number of ether oxygens (including phenoxy) is 2. The lowest BCUT2D eigenvalue weighted by Crippen LogP contribution is -2.08. The first kappa shape index (κ1) is 24.2. The molecular formula is C27H41NO2. The van der Waals surface area contributed by atoms with Crippen molar-refractivity contribution in [2.75, 3.05) is 13.2 Å². The van der Waals surface area contributed by atoms with Gasteiger partial charge in [0.1, 0.15) is 11.5 Å². The SMILES string of the molecule is CCCCCCCCCCCOc1cnccc1-c1ccccc1OCC(C)CC. The maximum absolute atomic E-state index is 6.13. The largest absolute Gasteiger partial charge is 0.493 e. The van der Waals surface area contributed by atoms with Crippen molar-refractivity contribution in [2.45, 2.75) is 85.0 Å². The van der Waals surface area contributed by atoms with Gasteiger partial charge < -0.3 is 9.47 Å². The Balaban J connectivity index is 1.84. The van der Waals surface area contributed by atoms with Crippen molar-refractivity contribution in [2.24, 2.45) is 5.92 Å². The number of pyridine rings is 1. The van der Waals surface area contributed by atoms with E-state index in [0.29, 0.717) is 5.92 Å². The van der Waals surface area contributed by atoms with Crippen molar-refractivity contribution in [3.63, 3.8) is 0 Å². The molecule has 0 amide bonds. The Hall–Kier alpha value is -2.03. The summed E-state index contributed by atoms with van der Waals surface area (Å²) in [5.41, 5.74) is 2.13. The molecule has 0 aliphatic carbocycles. The molecule has 1 aromatic heterocycles. The summed E-state index contributed by atoms with van der Waals surface area (Å²) in [5, 5.41) is 0. The molecule has 1 atom stereocenters. The van der Waals surface area contributed by atoms with Crippen molar-refractivity contribution in [3.8, 4) is 22.6 Å². The molecule has 0 fully saturated rings. The zero-order valence-corrected chi connectivity index (χ0v) is 19.4. The fourth-order valence-electron chi connectivity index (χ4n) is 3.48. The van der Waals surface area contributed by atoms with Crippen molar-refractivity contribution in [1.82, 2.24) is 4.98 Å². The van der Waals surface area contributed by atoms with Crippen LogP contribution in [0.1, 0.15) is 85.0 Å². The van der Waals surface area contributed by atoms with Crippen molar-refractivity contribution < 1.29 is 9.47 Å². The van der Waals surface area contributed by atoms with Gasteiger partial charge in [-0.1, -0.05) is 96.8 Å². The lowest BCUT2D eigenvalue weighted by molar-refractivity contribution is 0.257. The number of nitrogens with zero attached hydrogens (tertiary/aromatic N) is 1. The molecule has 0 bridgehead atoms. The van der Waals surface area contributed by atoms with Crippen LogP contribution in [0.5, 0.6) is 11.5 Å². The van der Waals surface area contributed by atoms with Gasteiger partial charge in [-0.3, -0.25) is 4.98 Å². The number of benzene rings is 1. The second kappa shape index (κ2) is 14.9. The minimum atomic E-state index is 0.540. The van der Waals surface area contributed by atoms with Crippen molar-refractivity contribution in [1.29, 1.82) is 0 Å². The van der Waals surface area contributed by atoms with Crippen LogP contribution >= 0.6 is 0 Å². The fourth-order valence-corrected chi connectivity index (χ4v) is 3.48. The fraction of sp³-hybridized carbons (Fsp3) is 0.593. The van der Waals surface area contributed by atoms with Crippen LogP contribution in [-0.2, 0) is 0 Å². The summed E-state index contributed by atoms with van der Waals surface area (Å²) in [6.45, 7) is 8.15. The Morgan fingerprint density at radius 1 is 0.767 bits per heavy atom. The van der Waals surface area contributed by atoms with Crippen LogP contribution in [0.25, 0.3) is 11.1 Å². The lowest BCUT2D eigenvalue weighted by Gasteiger charge is -2.16. The summed E-state index contributed by atoms with van der Waals surface area (Å²) in [5.74, 6) is 2.30. The molecule has 0 spiro atoms. The van der Waals surface area contributed by atoms with Gasteiger partial charge in [-0.25, -0.2) is 0 Å². The maximum atomic E-state index is 6.13. The predicted molar refractivity (Wildman–Crippen MR) is 127 cm³/mol. The molecule has 3 heteroatoms. The van der Waals surface area contributed by atoms with E-state index in [2.05, 4.69) is 37.9 Å². The van der Waals surface area contributed by atoms with E-state index < -0.39 is 0 Å². The highest BCUT2D eigenvalue weighted by Crippen LogP contribution is 2.36. The van der Waals surface area contributed by atoms with E-state index in [1.807, 2.05) is 30.6 Å². The average Bonchev–Trinajstić information content (AvgIpc) is 2.79. The molecule has 30 heavy (non-hydrogen) atoms. The molecular weight excluding hydrogens is 370 g/mol. The molecule has 0 saturated carbocycles. The second-order valence-corrected chi connectivity index (χ2v) is 8.37. The van der Waals surface area contributed by atoms with E-state index in [-0.39, 0.29) is 0 Å². The molecule has 0 saturated heterocycles. The number of hydrogen-bond donors (Lipinski definition) is 0. The predicted octanol–water partition coefficient (Wildman–Crippen LogP) is 8.08. The summed E-state index contributed by atoms with van der Waals surface area (Å²) < 4.78 is 12.3. The van der Waals surface area contributed by atoms with Crippen LogP contribution in [0.3, 0.4) is 0 Å². The van der Waals surface area contributed by atoms with Gasteiger partial charge in [-0.15, -0.1) is 0 Å². The Morgan fingerprint density at radius 2 is 1.43 bits per heavy atom. The quantitative estimate of drug-likeness (QED) is 0.262. The summed E-state index contributed by atoms with van der Waals surface area (Å²) in [6, 6.07) is 10.3. The summed E-state index contributed by atoms with van der Waals surface area (Å²) in [6.07, 6.45) is 16.6. The van der Waals surface area contributed by atoms with Gasteiger partial charge in [-0.05, 0) is 24.5 Å². The van der Waals surface area contributed by atoms with Gasteiger partial charge in [0.25, 0.3) is 0 Å². The molecule has 1 heterocycles. The Bertz CT molecular complexity index is 701. The zero-order chi connectivity index (χ0) is 21.4. The first-order valence-corrected chi connectivity index (χ1v) is 12.0. The van der Waals surface area contributed by atoms with Crippen LogP contribution < -0.4 is 9.47 Å². The van der Waals surface area contributed by atoms with Gasteiger partial charge in [0, 0.05) is 17.3 Å². The number of hydrogen-bond acceptors (Lipinski definition) is 3. The molecule has 1 aromatic carbocycles. The third-order valence-corrected chi connectivity index (χ3v) is 5.69. The molecule has 2 aromatic rings. The summed E-state index contributed by atoms with van der Waals surface area (Å²) in [7, 11) is 0. The molecule has 0 radical (unpaired) electrons. The van der Waals surface area contributed by atoms with Crippen molar-refractivity contribution >= 4 is 0 Å². The van der Waals surface area contributed by atoms with E-state index in [4.69, 9.17) is 9.47 Å². The van der Waals surface area contributed by atoms with Gasteiger partial charge in [-0.2, -0.15) is 0 Å². The second-order valence-electron chi connectivity index (χ2n) is 8.37. The van der Waals surface area contributed by atoms with Crippen LogP contribution in [0.15, 0.2) is 42.7 Å². The number of rotatable bonds is 16. The van der Waals surface area contributed by atoms with Crippen LogP contribution in [0.2, 0.25) is 0 Å². The van der Waals surface area contributed by atoms with Gasteiger partial charge >= 0.3 is 0 Å². The highest BCUT2D eigenvalue weighted by atomic mass is 16.5. The first-order chi connectivity index (χ1) is 14.8. The number of unbranched alkanes of at least 4 members (excludes halogenated alkanes) is 8. The standard InChI is InChI=1S/C27H41NO2/c1-4-6-7-8-9-10-11-12-15-20-29-27-21-28-19-18-25(27)24-16-13-14-17-26(24)30-22-23(3)5-2/h13-14,16-19,21,23H,4-12,15,20,22H2,1-3H3. The van der Waals surface area contributed by atoms with E-state index in [1.165, 1.54) is 51.4 Å². The molecule has 3 nitrogen and oxygen atoms in total. The molecule has 1 unspecified atom stereocenters. The normalized spacial score (nSPS) is 12.0. The third-order valence-electron chi connectivity index (χ3n) is 5.69. The number of para-hydroxylation sites is 1. The molecule has 166 valence electrons. The van der Waals surface area contributed by atoms with Gasteiger partial charge in [0.2, 0.25) is 0 Å². The molecule has 2 rings (SSSR count). The zero-order valence-electron chi connectivity index (χ0n) is 19.4. The highest BCUT2D eigenvalue weighted by Gasteiger charge is 2.12. The van der Waals surface area contributed by atoms with Crippen LogP contribution in [-0.4, -0.2) is 18.2 Å². The average molecular weight is 412 g/mol. The van der Waals surface area contributed by atoms with E-state index in [1.54, 1.807) is 0 Å². The Morgan fingerprint density at radius 3 is 2.17 bits per heavy atom.